The van der Waals surface area contributed by atoms with E-state index in [1.54, 1.807) is 0 Å². The number of aliphatic hydroxyl groups is 1. The van der Waals surface area contributed by atoms with Crippen LogP contribution in [0.3, 0.4) is 0 Å². The van der Waals surface area contributed by atoms with Gasteiger partial charge in [0, 0.05) is 40.8 Å². The van der Waals surface area contributed by atoms with Crippen LogP contribution in [0.25, 0.3) is 10.9 Å². The summed E-state index contributed by atoms with van der Waals surface area (Å²) in [6, 6.07) is 5.94. The quantitative estimate of drug-likeness (QED) is 0.444. The van der Waals surface area contributed by atoms with E-state index in [9.17, 15) is 14.7 Å². The van der Waals surface area contributed by atoms with E-state index >= 15 is 0 Å². The third-order valence-corrected chi connectivity index (χ3v) is 7.15. The largest absolute Gasteiger partial charge is 0.494 e. The Hall–Kier alpha value is -2.64. The molecule has 7 heteroatoms. The number of likely N-dealkylation sites (tertiary alicyclic amines) is 1. The molecular weight excluding hydrogens is 418 g/mol. The molecule has 2 unspecified atom stereocenters. The van der Waals surface area contributed by atoms with E-state index in [0.29, 0.717) is 31.7 Å². The number of benzene rings is 1. The molecule has 0 spiro atoms. The summed E-state index contributed by atoms with van der Waals surface area (Å²) in [5.74, 6) is 0.552. The number of carbonyl (C=O) groups is 2. The third-order valence-electron chi connectivity index (χ3n) is 7.15. The highest BCUT2D eigenvalue weighted by Gasteiger charge is 2.30. The van der Waals surface area contributed by atoms with Crippen LogP contribution in [0.4, 0.5) is 0 Å². The maximum Gasteiger partial charge on any atom is 0.256 e. The van der Waals surface area contributed by atoms with Gasteiger partial charge in [-0.05, 0) is 83.7 Å². The summed E-state index contributed by atoms with van der Waals surface area (Å²) < 4.78 is 5.93. The number of aromatic amines is 1. The molecule has 0 radical (unpaired) electrons. The number of hydrogen-bond acceptors (Lipinski definition) is 5. The molecule has 0 bridgehead atoms. The number of aromatic nitrogens is 1. The van der Waals surface area contributed by atoms with Crippen LogP contribution in [-0.2, 0) is 9.59 Å². The smallest absolute Gasteiger partial charge is 0.256 e. The molecule has 2 atom stereocenters. The molecule has 2 amide bonds. The summed E-state index contributed by atoms with van der Waals surface area (Å²) in [7, 11) is 2.06. The Morgan fingerprint density at radius 1 is 1.33 bits per heavy atom. The van der Waals surface area contributed by atoms with Crippen molar-refractivity contribution in [2.45, 2.75) is 64.0 Å². The van der Waals surface area contributed by atoms with E-state index in [1.165, 1.54) is 4.90 Å². The first-order chi connectivity index (χ1) is 16.0. The Morgan fingerprint density at radius 2 is 2.15 bits per heavy atom. The molecule has 2 aromatic rings. The van der Waals surface area contributed by atoms with Crippen LogP contribution in [0, 0.1) is 0 Å². The van der Waals surface area contributed by atoms with Crippen LogP contribution < -0.4 is 4.74 Å². The number of hydrogen-bond donors (Lipinski definition) is 2. The van der Waals surface area contributed by atoms with Gasteiger partial charge in [0.15, 0.2) is 0 Å². The second-order valence-electron chi connectivity index (χ2n) is 9.36. The first-order valence-corrected chi connectivity index (χ1v) is 12.1. The SMILES string of the molecule is CC1=C(C(=O)N(C=O)CCCOc2ccc3[nH]cc(C(O)C4CCCN4C)c3c2)CCCC1. The molecule has 0 saturated carbocycles. The zero-order valence-corrected chi connectivity index (χ0v) is 19.7. The van der Waals surface area contributed by atoms with Crippen molar-refractivity contribution in [1.29, 1.82) is 0 Å². The average molecular weight is 454 g/mol. The van der Waals surface area contributed by atoms with Crippen LogP contribution in [0.5, 0.6) is 5.75 Å². The van der Waals surface area contributed by atoms with Gasteiger partial charge in [0.25, 0.3) is 5.91 Å². The molecule has 33 heavy (non-hydrogen) atoms. The number of nitrogens with zero attached hydrogens (tertiary/aromatic N) is 2. The van der Waals surface area contributed by atoms with E-state index in [2.05, 4.69) is 16.9 Å². The molecule has 2 heterocycles. The Balaban J connectivity index is 1.35. The van der Waals surface area contributed by atoms with E-state index in [4.69, 9.17) is 4.74 Å². The number of likely N-dealkylation sites (N-methyl/N-ethyl adjacent to an activating group) is 1. The van der Waals surface area contributed by atoms with Crippen molar-refractivity contribution in [2.24, 2.45) is 0 Å². The molecule has 1 saturated heterocycles. The lowest BCUT2D eigenvalue weighted by Gasteiger charge is -2.24. The number of fused-ring (bicyclic) bond motifs is 1. The third kappa shape index (κ3) is 5.14. The molecule has 1 aliphatic carbocycles. The van der Waals surface area contributed by atoms with E-state index in [-0.39, 0.29) is 11.9 Å². The fraction of sp³-hybridized carbons (Fsp3) is 0.538. The first kappa shape index (κ1) is 23.5. The number of nitrogens with one attached hydrogen (secondary N) is 1. The van der Waals surface area contributed by atoms with E-state index in [0.717, 1.165) is 72.7 Å². The lowest BCUT2D eigenvalue weighted by Crippen LogP contribution is -2.33. The van der Waals surface area contributed by atoms with Gasteiger partial charge in [0.1, 0.15) is 5.75 Å². The lowest BCUT2D eigenvalue weighted by atomic mass is 9.92. The molecular formula is C26H35N3O4. The van der Waals surface area contributed by atoms with Gasteiger partial charge in [-0.1, -0.05) is 5.57 Å². The number of aliphatic hydroxyl groups excluding tert-OH is 1. The van der Waals surface area contributed by atoms with Crippen LogP contribution in [0.2, 0.25) is 0 Å². The van der Waals surface area contributed by atoms with Gasteiger partial charge in [-0.3, -0.25) is 14.5 Å². The standard InChI is InChI=1S/C26H35N3O4/c1-18-7-3-4-8-20(18)26(32)29(17-30)13-6-14-33-19-10-11-23-21(15-19)22(16-27-23)25(31)24-9-5-12-28(24)2/h10-11,15-17,24-25,27,31H,3-9,12-14H2,1-2H3. The second-order valence-corrected chi connectivity index (χ2v) is 9.36. The van der Waals surface area contributed by atoms with Crippen LogP contribution in [0.1, 0.15) is 63.5 Å². The number of rotatable bonds is 9. The molecule has 2 aliphatic rings. The maximum atomic E-state index is 12.7. The zero-order valence-electron chi connectivity index (χ0n) is 19.7. The van der Waals surface area contributed by atoms with Gasteiger partial charge in [-0.15, -0.1) is 0 Å². The van der Waals surface area contributed by atoms with Crippen LogP contribution >= 0.6 is 0 Å². The molecule has 4 rings (SSSR count). The number of carbonyl (C=O) groups excluding carboxylic acids is 2. The fourth-order valence-electron chi connectivity index (χ4n) is 5.14. The number of ether oxygens (including phenoxy) is 1. The minimum absolute atomic E-state index is 0.128. The van der Waals surface area contributed by atoms with Gasteiger partial charge < -0.3 is 19.7 Å². The Morgan fingerprint density at radius 3 is 2.88 bits per heavy atom. The van der Waals surface area contributed by atoms with Crippen molar-refractivity contribution >= 4 is 23.2 Å². The highest BCUT2D eigenvalue weighted by atomic mass is 16.5. The van der Waals surface area contributed by atoms with Gasteiger partial charge in [0.05, 0.1) is 12.7 Å². The predicted octanol–water partition coefficient (Wildman–Crippen LogP) is 3.94. The molecule has 1 aliphatic heterocycles. The minimum Gasteiger partial charge on any atom is -0.494 e. The topological polar surface area (TPSA) is 85.9 Å². The van der Waals surface area contributed by atoms with Crippen LogP contribution in [0.15, 0.2) is 35.5 Å². The molecule has 1 aromatic heterocycles. The Kier molecular flexibility index (Phi) is 7.50. The number of allylic oxidation sites excluding steroid dienone is 1. The van der Waals surface area contributed by atoms with Gasteiger partial charge in [-0.25, -0.2) is 0 Å². The minimum atomic E-state index is -0.550. The normalized spacial score (nSPS) is 20.3. The summed E-state index contributed by atoms with van der Waals surface area (Å²) >= 11 is 0. The van der Waals surface area contributed by atoms with Crippen molar-refractivity contribution < 1.29 is 19.4 Å². The van der Waals surface area contributed by atoms with E-state index < -0.39 is 6.10 Å². The summed E-state index contributed by atoms with van der Waals surface area (Å²) in [4.78, 5) is 31.0. The summed E-state index contributed by atoms with van der Waals surface area (Å²) in [5.41, 5.74) is 3.76. The summed E-state index contributed by atoms with van der Waals surface area (Å²) in [5, 5.41) is 11.9. The number of amides is 2. The average Bonchev–Trinajstić information content (AvgIpc) is 3.44. The Labute approximate surface area is 195 Å². The predicted molar refractivity (Wildman–Crippen MR) is 128 cm³/mol. The van der Waals surface area contributed by atoms with Crippen molar-refractivity contribution in [3.63, 3.8) is 0 Å². The number of imide groups is 1. The fourth-order valence-corrected chi connectivity index (χ4v) is 5.14. The monoisotopic (exact) mass is 453 g/mol. The molecule has 1 fully saturated rings. The highest BCUT2D eigenvalue weighted by molar-refractivity contribution is 5.99. The van der Waals surface area contributed by atoms with Crippen molar-refractivity contribution in [2.75, 3.05) is 26.7 Å². The first-order valence-electron chi connectivity index (χ1n) is 12.1. The zero-order chi connectivity index (χ0) is 23.4. The van der Waals surface area contributed by atoms with Crippen molar-refractivity contribution in [3.8, 4) is 5.75 Å². The second kappa shape index (κ2) is 10.5. The Bertz CT molecular complexity index is 1030. The van der Waals surface area contributed by atoms with Crippen molar-refractivity contribution in [3.05, 3.63) is 41.1 Å². The highest BCUT2D eigenvalue weighted by Crippen LogP contribution is 2.34. The molecule has 7 nitrogen and oxygen atoms in total. The molecule has 178 valence electrons. The van der Waals surface area contributed by atoms with Gasteiger partial charge in [-0.2, -0.15) is 0 Å². The summed E-state index contributed by atoms with van der Waals surface area (Å²) in [6.45, 7) is 3.74. The van der Waals surface area contributed by atoms with Crippen LogP contribution in [-0.4, -0.2) is 65.0 Å². The van der Waals surface area contributed by atoms with Crippen molar-refractivity contribution in [1.82, 2.24) is 14.8 Å². The van der Waals surface area contributed by atoms with Gasteiger partial charge in [0.2, 0.25) is 6.41 Å². The maximum absolute atomic E-state index is 12.7. The van der Waals surface area contributed by atoms with E-state index in [1.807, 2.05) is 31.3 Å². The molecule has 2 N–H and O–H groups in total. The molecule has 1 aromatic carbocycles. The van der Waals surface area contributed by atoms with Gasteiger partial charge >= 0.3 is 0 Å². The summed E-state index contributed by atoms with van der Waals surface area (Å²) in [6.07, 6.45) is 8.44. The number of H-pyrrole nitrogens is 1. The lowest BCUT2D eigenvalue weighted by molar-refractivity contribution is -0.135.